The van der Waals surface area contributed by atoms with Crippen LogP contribution in [-0.4, -0.2) is 41.2 Å². The standard InChI is InChI=1S/C24H33N3O3/c1-3-5-11-26(4-2)16-20-9-6-8-19(13-20)15-25-24(29)21-14-23(28)27(17-21)18-22-10-7-12-30-22/h6-10,12-13,21H,3-5,11,14-18H2,1-2H3,(H,25,29)/t21-/m0/s1. The highest BCUT2D eigenvalue weighted by atomic mass is 16.3. The van der Waals surface area contributed by atoms with E-state index >= 15 is 0 Å². The number of hydrogen-bond acceptors (Lipinski definition) is 4. The lowest BCUT2D eigenvalue weighted by Gasteiger charge is -2.20. The molecule has 1 saturated heterocycles. The minimum atomic E-state index is -0.305. The molecule has 2 amide bonds. The molecular weight excluding hydrogens is 378 g/mol. The highest BCUT2D eigenvalue weighted by Gasteiger charge is 2.34. The second-order valence-electron chi connectivity index (χ2n) is 8.01. The number of hydrogen-bond donors (Lipinski definition) is 1. The number of likely N-dealkylation sites (tertiary alicyclic amines) is 1. The first-order valence-corrected chi connectivity index (χ1v) is 11.0. The van der Waals surface area contributed by atoms with Crippen LogP contribution in [0.1, 0.15) is 50.0 Å². The molecule has 0 bridgehead atoms. The van der Waals surface area contributed by atoms with E-state index in [1.54, 1.807) is 17.2 Å². The molecule has 2 heterocycles. The molecule has 1 aromatic heterocycles. The number of carbonyl (C=O) groups is 2. The zero-order chi connectivity index (χ0) is 21.3. The van der Waals surface area contributed by atoms with Gasteiger partial charge in [0.05, 0.1) is 18.7 Å². The molecule has 1 atom stereocenters. The van der Waals surface area contributed by atoms with Gasteiger partial charge in [-0.15, -0.1) is 0 Å². The van der Waals surface area contributed by atoms with Gasteiger partial charge in [-0.3, -0.25) is 14.5 Å². The van der Waals surface area contributed by atoms with Crippen molar-refractivity contribution < 1.29 is 14.0 Å². The molecule has 6 heteroatoms. The molecule has 1 aliphatic rings. The van der Waals surface area contributed by atoms with Gasteiger partial charge >= 0.3 is 0 Å². The normalized spacial score (nSPS) is 16.4. The number of amides is 2. The predicted molar refractivity (Wildman–Crippen MR) is 116 cm³/mol. The predicted octanol–water partition coefficient (Wildman–Crippen LogP) is 3.57. The zero-order valence-corrected chi connectivity index (χ0v) is 18.1. The second-order valence-corrected chi connectivity index (χ2v) is 8.01. The van der Waals surface area contributed by atoms with Gasteiger partial charge in [0.1, 0.15) is 5.76 Å². The van der Waals surface area contributed by atoms with E-state index in [2.05, 4.69) is 42.3 Å². The van der Waals surface area contributed by atoms with Crippen LogP contribution in [0.2, 0.25) is 0 Å². The number of furan rings is 1. The number of benzene rings is 1. The van der Waals surface area contributed by atoms with E-state index in [1.807, 2.05) is 12.1 Å². The summed E-state index contributed by atoms with van der Waals surface area (Å²) < 4.78 is 5.32. The molecule has 1 N–H and O–H groups in total. The minimum absolute atomic E-state index is 0.000263. The zero-order valence-electron chi connectivity index (χ0n) is 18.1. The fourth-order valence-corrected chi connectivity index (χ4v) is 3.85. The number of nitrogens with one attached hydrogen (secondary N) is 1. The van der Waals surface area contributed by atoms with E-state index < -0.39 is 0 Å². The molecular formula is C24H33N3O3. The Morgan fingerprint density at radius 3 is 2.80 bits per heavy atom. The highest BCUT2D eigenvalue weighted by molar-refractivity contribution is 5.89. The molecule has 1 aliphatic heterocycles. The van der Waals surface area contributed by atoms with Crippen LogP contribution in [0.3, 0.4) is 0 Å². The summed E-state index contributed by atoms with van der Waals surface area (Å²) in [6, 6.07) is 12.0. The van der Waals surface area contributed by atoms with Crippen molar-refractivity contribution in [3.63, 3.8) is 0 Å². The van der Waals surface area contributed by atoms with Gasteiger partial charge in [0, 0.05) is 26.1 Å². The van der Waals surface area contributed by atoms with Crippen LogP contribution in [0, 0.1) is 5.92 Å². The van der Waals surface area contributed by atoms with Crippen molar-refractivity contribution in [2.75, 3.05) is 19.6 Å². The second kappa shape index (κ2) is 11.0. The first-order chi connectivity index (χ1) is 14.6. The van der Waals surface area contributed by atoms with E-state index in [0.717, 1.165) is 31.0 Å². The van der Waals surface area contributed by atoms with Crippen LogP contribution < -0.4 is 5.32 Å². The lowest BCUT2D eigenvalue weighted by atomic mass is 10.1. The van der Waals surface area contributed by atoms with E-state index in [9.17, 15) is 9.59 Å². The van der Waals surface area contributed by atoms with E-state index in [0.29, 0.717) is 19.6 Å². The van der Waals surface area contributed by atoms with Crippen molar-refractivity contribution in [3.8, 4) is 0 Å². The van der Waals surface area contributed by atoms with Crippen LogP contribution in [-0.2, 0) is 29.2 Å². The fraction of sp³-hybridized carbons (Fsp3) is 0.500. The van der Waals surface area contributed by atoms with Gasteiger partial charge < -0.3 is 14.6 Å². The van der Waals surface area contributed by atoms with E-state index in [4.69, 9.17) is 4.42 Å². The summed E-state index contributed by atoms with van der Waals surface area (Å²) in [5, 5.41) is 3.01. The number of carbonyl (C=O) groups excluding carboxylic acids is 2. The van der Waals surface area contributed by atoms with Crippen molar-refractivity contribution in [1.82, 2.24) is 15.1 Å². The molecule has 0 saturated carbocycles. The first-order valence-electron chi connectivity index (χ1n) is 11.0. The lowest BCUT2D eigenvalue weighted by molar-refractivity contribution is -0.129. The summed E-state index contributed by atoms with van der Waals surface area (Å²) in [6.45, 7) is 8.82. The topological polar surface area (TPSA) is 65.8 Å². The average Bonchev–Trinajstić information content (AvgIpc) is 3.40. The first kappa shape index (κ1) is 22.1. The molecule has 162 valence electrons. The van der Waals surface area contributed by atoms with E-state index in [1.165, 1.54) is 18.4 Å². The Morgan fingerprint density at radius 1 is 1.23 bits per heavy atom. The van der Waals surface area contributed by atoms with Crippen LogP contribution >= 0.6 is 0 Å². The molecule has 6 nitrogen and oxygen atoms in total. The highest BCUT2D eigenvalue weighted by Crippen LogP contribution is 2.21. The Balaban J connectivity index is 1.49. The van der Waals surface area contributed by atoms with Crippen molar-refractivity contribution in [2.45, 2.75) is 52.7 Å². The summed E-state index contributed by atoms with van der Waals surface area (Å²) in [4.78, 5) is 29.0. The van der Waals surface area contributed by atoms with Gasteiger partial charge in [-0.25, -0.2) is 0 Å². The van der Waals surface area contributed by atoms with Crippen LogP contribution in [0.25, 0.3) is 0 Å². The maximum atomic E-state index is 12.6. The van der Waals surface area contributed by atoms with Crippen LogP contribution in [0.4, 0.5) is 0 Å². The summed E-state index contributed by atoms with van der Waals surface area (Å²) in [6.07, 6.45) is 4.26. The fourth-order valence-electron chi connectivity index (χ4n) is 3.85. The minimum Gasteiger partial charge on any atom is -0.467 e. The Labute approximate surface area is 179 Å². The monoisotopic (exact) mass is 411 g/mol. The van der Waals surface area contributed by atoms with E-state index in [-0.39, 0.29) is 24.2 Å². The van der Waals surface area contributed by atoms with Crippen molar-refractivity contribution >= 4 is 11.8 Å². The largest absolute Gasteiger partial charge is 0.467 e. The molecule has 0 unspecified atom stereocenters. The van der Waals surface area contributed by atoms with Gasteiger partial charge in [0.25, 0.3) is 0 Å². The van der Waals surface area contributed by atoms with Crippen molar-refractivity contribution in [2.24, 2.45) is 5.92 Å². The third-order valence-corrected chi connectivity index (χ3v) is 5.65. The Kier molecular flexibility index (Phi) is 8.08. The Morgan fingerprint density at radius 2 is 2.07 bits per heavy atom. The number of unbranched alkanes of at least 4 members (excludes halogenated alkanes) is 1. The third-order valence-electron chi connectivity index (χ3n) is 5.65. The van der Waals surface area contributed by atoms with Crippen molar-refractivity contribution in [3.05, 3.63) is 59.5 Å². The molecule has 0 radical (unpaired) electrons. The summed E-state index contributed by atoms with van der Waals surface area (Å²) in [5.41, 5.74) is 2.35. The lowest BCUT2D eigenvalue weighted by Crippen LogP contribution is -2.32. The molecule has 0 spiro atoms. The summed E-state index contributed by atoms with van der Waals surface area (Å²) in [7, 11) is 0. The third kappa shape index (κ3) is 6.20. The average molecular weight is 412 g/mol. The quantitative estimate of drug-likeness (QED) is 0.614. The Hall–Kier alpha value is -2.60. The molecule has 3 rings (SSSR count). The maximum absolute atomic E-state index is 12.6. The van der Waals surface area contributed by atoms with Gasteiger partial charge in [-0.2, -0.15) is 0 Å². The smallest absolute Gasteiger partial charge is 0.225 e. The number of nitrogens with zero attached hydrogens (tertiary/aromatic N) is 2. The molecule has 1 aromatic carbocycles. The molecule has 1 fully saturated rings. The van der Waals surface area contributed by atoms with Gasteiger partial charge in [0.2, 0.25) is 11.8 Å². The Bertz CT molecular complexity index is 819. The number of rotatable bonds is 11. The van der Waals surface area contributed by atoms with Crippen LogP contribution in [0.15, 0.2) is 47.1 Å². The molecule has 0 aliphatic carbocycles. The maximum Gasteiger partial charge on any atom is 0.225 e. The molecule has 30 heavy (non-hydrogen) atoms. The SMILES string of the molecule is CCCCN(CC)Cc1cccc(CNC(=O)[C@H]2CC(=O)N(Cc3ccco3)C2)c1. The van der Waals surface area contributed by atoms with Crippen LogP contribution in [0.5, 0.6) is 0 Å². The van der Waals surface area contributed by atoms with Crippen molar-refractivity contribution in [1.29, 1.82) is 0 Å². The summed E-state index contributed by atoms with van der Waals surface area (Å²) >= 11 is 0. The molecule has 2 aromatic rings. The van der Waals surface area contributed by atoms with Gasteiger partial charge in [-0.1, -0.05) is 44.5 Å². The van der Waals surface area contributed by atoms with Gasteiger partial charge in [0.15, 0.2) is 0 Å². The van der Waals surface area contributed by atoms with Gasteiger partial charge in [-0.05, 0) is 42.8 Å². The summed E-state index contributed by atoms with van der Waals surface area (Å²) in [5.74, 6) is 0.371.